The van der Waals surface area contributed by atoms with Crippen LogP contribution in [0.2, 0.25) is 0 Å². The highest BCUT2D eigenvalue weighted by Gasteiger charge is 2.23. The zero-order valence-corrected chi connectivity index (χ0v) is 22.6. The quantitative estimate of drug-likeness (QED) is 0.301. The molecule has 0 fully saturated rings. The van der Waals surface area contributed by atoms with Crippen molar-refractivity contribution in [1.82, 2.24) is 9.88 Å². The molecular weight excluding hydrogens is 494 g/mol. The van der Waals surface area contributed by atoms with Crippen LogP contribution in [-0.4, -0.2) is 69.1 Å². The van der Waals surface area contributed by atoms with Crippen molar-refractivity contribution in [2.45, 2.75) is 18.7 Å². The summed E-state index contributed by atoms with van der Waals surface area (Å²) in [6.07, 6.45) is 0. The largest absolute Gasteiger partial charge is 0.497 e. The van der Waals surface area contributed by atoms with Gasteiger partial charge in [-0.25, -0.2) is 4.98 Å². The van der Waals surface area contributed by atoms with Crippen LogP contribution < -0.4 is 19.1 Å². The smallest absolute Gasteiger partial charge is 0.239 e. The van der Waals surface area contributed by atoms with Crippen LogP contribution in [-0.2, 0) is 4.79 Å². The minimum Gasteiger partial charge on any atom is -0.497 e. The van der Waals surface area contributed by atoms with E-state index in [1.807, 2.05) is 36.4 Å². The summed E-state index contributed by atoms with van der Waals surface area (Å²) in [4.78, 5) is 23.3. The summed E-state index contributed by atoms with van der Waals surface area (Å²) in [5.74, 6) is 2.51. The van der Waals surface area contributed by atoms with Crippen LogP contribution in [0.5, 0.6) is 17.2 Å². The highest BCUT2D eigenvalue weighted by atomic mass is 35.5. The highest BCUT2D eigenvalue weighted by molar-refractivity contribution is 8.00. The first-order chi connectivity index (χ1) is 16.0. The van der Waals surface area contributed by atoms with Gasteiger partial charge in [0.25, 0.3) is 0 Å². The highest BCUT2D eigenvalue weighted by Crippen LogP contribution is 2.40. The number of halogens is 1. The van der Waals surface area contributed by atoms with Gasteiger partial charge in [-0.1, -0.05) is 25.2 Å². The lowest BCUT2D eigenvalue weighted by atomic mass is 10.3. The minimum absolute atomic E-state index is 0. The Kier molecular flexibility index (Phi) is 11.2. The molecule has 7 nitrogen and oxygen atoms in total. The third kappa shape index (κ3) is 6.69. The molecule has 1 heterocycles. The zero-order chi connectivity index (χ0) is 23.8. The van der Waals surface area contributed by atoms with E-state index in [4.69, 9.17) is 19.2 Å². The van der Waals surface area contributed by atoms with Gasteiger partial charge in [-0.05, 0) is 49.5 Å². The minimum atomic E-state index is 0. The lowest BCUT2D eigenvalue weighted by Gasteiger charge is -2.24. The molecule has 0 spiro atoms. The van der Waals surface area contributed by atoms with Gasteiger partial charge in [0.2, 0.25) is 5.91 Å². The number of rotatable bonds is 12. The van der Waals surface area contributed by atoms with Crippen LogP contribution in [0.4, 0.5) is 5.13 Å². The number of ether oxygens (including phenoxy) is 3. The number of anilines is 1. The number of hydrogen-bond donors (Lipinski definition) is 0. The molecule has 0 aliphatic heterocycles. The zero-order valence-electron chi connectivity index (χ0n) is 20.2. The third-order valence-electron chi connectivity index (χ3n) is 5.39. The standard InChI is InChI=1S/C24H31N3O4S2.ClH/c1-6-26(7-2)14-15-27(21(28)16-32-18-10-8-17(29-3)9-11-18)24-25-22-19(30-4)12-13-20(31-5)23(22)33-24;/h8-13H,6-7,14-16H2,1-5H3;1H. The SMILES string of the molecule is CCN(CC)CCN(C(=O)CSc1ccc(OC)cc1)c1nc2c(OC)ccc(OC)c2s1.Cl. The van der Waals surface area contributed by atoms with E-state index in [1.54, 1.807) is 26.2 Å². The molecule has 0 unspecified atom stereocenters. The Bertz CT molecular complexity index is 1020. The van der Waals surface area contributed by atoms with Crippen molar-refractivity contribution >= 4 is 56.8 Å². The number of thiazole rings is 1. The van der Waals surface area contributed by atoms with E-state index in [0.717, 1.165) is 40.7 Å². The molecule has 2 aromatic carbocycles. The fourth-order valence-corrected chi connectivity index (χ4v) is 5.29. The fraction of sp³-hybridized carbons (Fsp3) is 0.417. The van der Waals surface area contributed by atoms with Gasteiger partial charge in [0.1, 0.15) is 27.5 Å². The van der Waals surface area contributed by atoms with Crippen LogP contribution in [0.3, 0.4) is 0 Å². The summed E-state index contributed by atoms with van der Waals surface area (Å²) in [6.45, 7) is 7.46. The lowest BCUT2D eigenvalue weighted by molar-refractivity contribution is -0.116. The molecule has 34 heavy (non-hydrogen) atoms. The number of nitrogens with zero attached hydrogens (tertiary/aromatic N) is 3. The number of thioether (sulfide) groups is 1. The topological polar surface area (TPSA) is 64.1 Å². The number of aromatic nitrogens is 1. The van der Waals surface area contributed by atoms with Gasteiger partial charge in [0.15, 0.2) is 5.13 Å². The Balaban J connectivity index is 0.00000408. The van der Waals surface area contributed by atoms with Crippen LogP contribution >= 0.6 is 35.5 Å². The summed E-state index contributed by atoms with van der Waals surface area (Å²) in [5.41, 5.74) is 0.709. The van der Waals surface area contributed by atoms with Crippen molar-refractivity contribution in [1.29, 1.82) is 0 Å². The fourth-order valence-electron chi connectivity index (χ4n) is 3.39. The Morgan fingerprint density at radius 2 is 1.59 bits per heavy atom. The predicted molar refractivity (Wildman–Crippen MR) is 144 cm³/mol. The first kappa shape index (κ1) is 28.0. The Morgan fingerprint density at radius 1 is 0.941 bits per heavy atom. The summed E-state index contributed by atoms with van der Waals surface area (Å²) in [7, 11) is 4.89. The molecule has 3 rings (SSSR count). The maximum absolute atomic E-state index is 13.4. The third-order valence-corrected chi connectivity index (χ3v) is 7.48. The monoisotopic (exact) mass is 525 g/mol. The predicted octanol–water partition coefficient (Wildman–Crippen LogP) is 5.21. The van der Waals surface area contributed by atoms with Crippen LogP contribution in [0.1, 0.15) is 13.8 Å². The molecule has 0 saturated carbocycles. The Hall–Kier alpha value is -2.20. The van der Waals surface area contributed by atoms with E-state index in [2.05, 4.69) is 18.7 Å². The van der Waals surface area contributed by atoms with Crippen LogP contribution in [0.25, 0.3) is 10.2 Å². The second-order valence-electron chi connectivity index (χ2n) is 7.18. The molecule has 0 aliphatic carbocycles. The molecule has 0 saturated heterocycles. The Labute approximate surface area is 215 Å². The first-order valence-electron chi connectivity index (χ1n) is 10.9. The van der Waals surface area contributed by atoms with Gasteiger partial charge >= 0.3 is 0 Å². The molecule has 0 aliphatic rings. The normalized spacial score (nSPS) is 10.8. The van der Waals surface area contributed by atoms with E-state index >= 15 is 0 Å². The molecular formula is C24H32ClN3O4S2. The average molecular weight is 526 g/mol. The summed E-state index contributed by atoms with van der Waals surface area (Å²) >= 11 is 2.96. The summed E-state index contributed by atoms with van der Waals surface area (Å²) in [6, 6.07) is 11.4. The lowest BCUT2D eigenvalue weighted by Crippen LogP contribution is -2.39. The molecule has 1 aromatic heterocycles. The molecule has 0 N–H and O–H groups in total. The maximum Gasteiger partial charge on any atom is 0.239 e. The summed E-state index contributed by atoms with van der Waals surface area (Å²) < 4.78 is 17.1. The maximum atomic E-state index is 13.4. The van der Waals surface area contributed by atoms with Crippen molar-refractivity contribution < 1.29 is 19.0 Å². The molecule has 0 radical (unpaired) electrons. The van der Waals surface area contributed by atoms with Gasteiger partial charge in [-0.2, -0.15) is 0 Å². The second-order valence-corrected chi connectivity index (χ2v) is 9.21. The molecule has 10 heteroatoms. The van der Waals surface area contributed by atoms with Crippen molar-refractivity contribution in [2.24, 2.45) is 0 Å². The second kappa shape index (κ2) is 13.6. The molecule has 0 bridgehead atoms. The molecule has 0 atom stereocenters. The van der Waals surface area contributed by atoms with Gasteiger partial charge < -0.3 is 19.1 Å². The average Bonchev–Trinajstić information content (AvgIpc) is 3.30. The van der Waals surface area contributed by atoms with Gasteiger partial charge in [-0.3, -0.25) is 9.69 Å². The number of fused-ring (bicyclic) bond motifs is 1. The number of hydrogen-bond acceptors (Lipinski definition) is 8. The number of carbonyl (C=O) groups excluding carboxylic acids is 1. The number of amides is 1. The molecule has 3 aromatic rings. The Morgan fingerprint density at radius 3 is 2.18 bits per heavy atom. The van der Waals surface area contributed by atoms with E-state index in [0.29, 0.717) is 28.7 Å². The van der Waals surface area contributed by atoms with Crippen molar-refractivity contribution in [3.8, 4) is 17.2 Å². The van der Waals surface area contributed by atoms with Gasteiger partial charge in [0.05, 0.1) is 27.1 Å². The number of methoxy groups -OCH3 is 3. The first-order valence-corrected chi connectivity index (χ1v) is 12.7. The van der Waals surface area contributed by atoms with Crippen molar-refractivity contribution in [3.05, 3.63) is 36.4 Å². The van der Waals surface area contributed by atoms with E-state index in [1.165, 1.54) is 23.1 Å². The van der Waals surface area contributed by atoms with E-state index in [9.17, 15) is 4.79 Å². The van der Waals surface area contributed by atoms with E-state index < -0.39 is 0 Å². The number of likely N-dealkylation sites (N-methyl/N-ethyl adjacent to an activating group) is 1. The molecule has 1 amide bonds. The van der Waals surface area contributed by atoms with Gasteiger partial charge in [0, 0.05) is 18.0 Å². The van der Waals surface area contributed by atoms with Crippen molar-refractivity contribution in [2.75, 3.05) is 58.2 Å². The van der Waals surface area contributed by atoms with Crippen molar-refractivity contribution in [3.63, 3.8) is 0 Å². The summed E-state index contributed by atoms with van der Waals surface area (Å²) in [5, 5.41) is 0.653. The number of carbonyl (C=O) groups is 1. The van der Waals surface area contributed by atoms with Gasteiger partial charge in [-0.15, -0.1) is 24.2 Å². The van der Waals surface area contributed by atoms with E-state index in [-0.39, 0.29) is 18.3 Å². The van der Waals surface area contributed by atoms with Crippen LogP contribution in [0, 0.1) is 0 Å². The number of benzene rings is 2. The van der Waals surface area contributed by atoms with Crippen LogP contribution in [0.15, 0.2) is 41.3 Å². The molecule has 186 valence electrons.